The third kappa shape index (κ3) is 4.94. The quantitative estimate of drug-likeness (QED) is 0.691. The minimum Gasteiger partial charge on any atom is -0.351 e. The van der Waals surface area contributed by atoms with Crippen LogP contribution in [0.25, 0.3) is 0 Å². The lowest BCUT2D eigenvalue weighted by Crippen LogP contribution is -2.18. The molecule has 0 spiro atoms. The Morgan fingerprint density at radius 3 is 2.78 bits per heavy atom. The molecule has 3 nitrogen and oxygen atoms in total. The van der Waals surface area contributed by atoms with Crippen molar-refractivity contribution in [3.63, 3.8) is 0 Å². The maximum atomic E-state index is 4.53. The molecule has 0 saturated heterocycles. The summed E-state index contributed by atoms with van der Waals surface area (Å²) in [5.74, 6) is 0. The van der Waals surface area contributed by atoms with Crippen molar-refractivity contribution in [2.24, 2.45) is 0 Å². The van der Waals surface area contributed by atoms with Crippen LogP contribution in [0.1, 0.15) is 57.4 Å². The summed E-state index contributed by atoms with van der Waals surface area (Å²) in [5, 5.41) is 4.65. The molecule has 0 fully saturated rings. The van der Waals surface area contributed by atoms with E-state index in [0.29, 0.717) is 6.04 Å². The summed E-state index contributed by atoms with van der Waals surface area (Å²) in [7, 11) is 2.14. The Hall–Kier alpha value is -0.610. The van der Waals surface area contributed by atoms with E-state index in [9.17, 15) is 0 Å². The summed E-state index contributed by atoms with van der Waals surface area (Å²) in [6, 6.07) is 0.417. The van der Waals surface area contributed by atoms with E-state index in [1.54, 1.807) is 0 Å². The molecule has 0 radical (unpaired) electrons. The molecule has 104 valence electrons. The number of unbranched alkanes of at least 4 members (excludes halogenated alkanes) is 2. The van der Waals surface area contributed by atoms with Gasteiger partial charge >= 0.3 is 0 Å². The normalized spacial score (nSPS) is 12.7. The highest BCUT2D eigenvalue weighted by atomic mass is 32.1. The summed E-state index contributed by atoms with van der Waals surface area (Å²) in [4.78, 5) is 8.14. The largest absolute Gasteiger partial charge is 0.351 e. The lowest BCUT2D eigenvalue weighted by atomic mass is 10.2. The molecule has 1 atom stereocenters. The molecule has 1 rings (SSSR count). The third-order valence-electron chi connectivity index (χ3n) is 3.06. The highest BCUT2D eigenvalue weighted by molar-refractivity contribution is 7.15. The van der Waals surface area contributed by atoms with Crippen LogP contribution in [0.3, 0.4) is 0 Å². The molecule has 0 aliphatic heterocycles. The highest BCUT2D eigenvalue weighted by Gasteiger charge is 2.11. The fourth-order valence-electron chi connectivity index (χ4n) is 1.81. The van der Waals surface area contributed by atoms with Crippen molar-refractivity contribution < 1.29 is 0 Å². The summed E-state index contributed by atoms with van der Waals surface area (Å²) in [5.41, 5.74) is 0. The highest BCUT2D eigenvalue weighted by Crippen LogP contribution is 2.26. The topological polar surface area (TPSA) is 28.2 Å². The van der Waals surface area contributed by atoms with Crippen LogP contribution in [-0.2, 0) is 0 Å². The van der Waals surface area contributed by atoms with Gasteiger partial charge < -0.3 is 10.2 Å². The van der Waals surface area contributed by atoms with Gasteiger partial charge in [0.25, 0.3) is 0 Å². The SMILES string of the molecule is CCCCCN(C)c1ncc(C(C)NCCC)s1. The van der Waals surface area contributed by atoms with Crippen molar-refractivity contribution in [2.75, 3.05) is 25.0 Å². The van der Waals surface area contributed by atoms with Crippen LogP contribution in [-0.4, -0.2) is 25.1 Å². The van der Waals surface area contributed by atoms with Gasteiger partial charge in [-0.3, -0.25) is 0 Å². The van der Waals surface area contributed by atoms with Gasteiger partial charge in [0.2, 0.25) is 0 Å². The van der Waals surface area contributed by atoms with E-state index < -0.39 is 0 Å². The minimum atomic E-state index is 0.417. The van der Waals surface area contributed by atoms with Crippen LogP contribution in [0.5, 0.6) is 0 Å². The monoisotopic (exact) mass is 269 g/mol. The van der Waals surface area contributed by atoms with Crippen molar-refractivity contribution in [3.8, 4) is 0 Å². The van der Waals surface area contributed by atoms with Gasteiger partial charge in [-0.25, -0.2) is 4.98 Å². The van der Waals surface area contributed by atoms with Crippen molar-refractivity contribution >= 4 is 16.5 Å². The zero-order chi connectivity index (χ0) is 13.4. The van der Waals surface area contributed by atoms with Gasteiger partial charge in [-0.15, -0.1) is 11.3 Å². The maximum Gasteiger partial charge on any atom is 0.185 e. The fourth-order valence-corrected chi connectivity index (χ4v) is 2.74. The first-order valence-electron chi connectivity index (χ1n) is 7.09. The molecule has 1 aromatic rings. The fraction of sp³-hybridized carbons (Fsp3) is 0.786. The number of rotatable bonds is 9. The average Bonchev–Trinajstić information content (AvgIpc) is 2.85. The average molecular weight is 269 g/mol. The molecule has 18 heavy (non-hydrogen) atoms. The summed E-state index contributed by atoms with van der Waals surface area (Å²) in [6.07, 6.45) is 7.02. The Bertz CT molecular complexity index is 325. The Morgan fingerprint density at radius 1 is 1.33 bits per heavy atom. The van der Waals surface area contributed by atoms with Gasteiger partial charge in [-0.1, -0.05) is 26.7 Å². The smallest absolute Gasteiger partial charge is 0.185 e. The van der Waals surface area contributed by atoms with Crippen LogP contribution >= 0.6 is 11.3 Å². The number of thiazole rings is 1. The van der Waals surface area contributed by atoms with Crippen LogP contribution < -0.4 is 10.2 Å². The number of anilines is 1. The minimum absolute atomic E-state index is 0.417. The zero-order valence-electron chi connectivity index (χ0n) is 12.2. The van der Waals surface area contributed by atoms with Crippen molar-refractivity contribution in [1.29, 1.82) is 0 Å². The van der Waals surface area contributed by atoms with E-state index in [2.05, 4.69) is 43.0 Å². The molecule has 0 saturated carbocycles. The van der Waals surface area contributed by atoms with Crippen molar-refractivity contribution in [1.82, 2.24) is 10.3 Å². The second-order valence-corrected chi connectivity index (χ2v) is 5.89. The molecule has 1 unspecified atom stereocenters. The second kappa shape index (κ2) is 8.48. The Morgan fingerprint density at radius 2 is 2.11 bits per heavy atom. The molecular formula is C14H27N3S. The van der Waals surface area contributed by atoms with Gasteiger partial charge in [0.05, 0.1) is 0 Å². The van der Waals surface area contributed by atoms with Gasteiger partial charge in [-0.2, -0.15) is 0 Å². The first kappa shape index (κ1) is 15.4. The van der Waals surface area contributed by atoms with Crippen LogP contribution in [0.15, 0.2) is 6.20 Å². The second-order valence-electron chi connectivity index (χ2n) is 4.85. The lowest BCUT2D eigenvalue weighted by molar-refractivity contribution is 0.577. The van der Waals surface area contributed by atoms with E-state index in [0.717, 1.165) is 18.2 Å². The number of hydrogen-bond donors (Lipinski definition) is 1. The number of aromatic nitrogens is 1. The summed E-state index contributed by atoms with van der Waals surface area (Å²) >= 11 is 1.81. The first-order chi connectivity index (χ1) is 8.69. The number of nitrogens with zero attached hydrogens (tertiary/aromatic N) is 2. The van der Waals surface area contributed by atoms with Crippen LogP contribution in [0.4, 0.5) is 5.13 Å². The van der Waals surface area contributed by atoms with Gasteiger partial charge in [0, 0.05) is 30.7 Å². The van der Waals surface area contributed by atoms with Crippen LogP contribution in [0.2, 0.25) is 0 Å². The van der Waals surface area contributed by atoms with Crippen molar-refractivity contribution in [3.05, 3.63) is 11.1 Å². The molecule has 4 heteroatoms. The molecule has 1 heterocycles. The molecule has 1 N–H and O–H groups in total. The number of hydrogen-bond acceptors (Lipinski definition) is 4. The number of nitrogens with one attached hydrogen (secondary N) is 1. The molecule has 0 aliphatic rings. The molecule has 1 aromatic heterocycles. The molecule has 0 aromatic carbocycles. The first-order valence-corrected chi connectivity index (χ1v) is 7.90. The van der Waals surface area contributed by atoms with Gasteiger partial charge in [0.1, 0.15) is 0 Å². The molecule has 0 amide bonds. The van der Waals surface area contributed by atoms with Crippen LogP contribution in [0, 0.1) is 0 Å². The predicted molar refractivity (Wildman–Crippen MR) is 81.6 cm³/mol. The molecule has 0 bridgehead atoms. The predicted octanol–water partition coefficient (Wildman–Crippen LogP) is 3.83. The van der Waals surface area contributed by atoms with E-state index in [1.807, 2.05) is 17.5 Å². The Labute approximate surface area is 116 Å². The van der Waals surface area contributed by atoms with Gasteiger partial charge in [0.15, 0.2) is 5.13 Å². The summed E-state index contributed by atoms with van der Waals surface area (Å²) < 4.78 is 0. The standard InChI is InChI=1S/C14H27N3S/c1-5-7-8-10-17(4)14-16-11-13(18-14)12(3)15-9-6-2/h11-12,15H,5-10H2,1-4H3. The van der Waals surface area contributed by atoms with E-state index in [4.69, 9.17) is 0 Å². The van der Waals surface area contributed by atoms with Crippen molar-refractivity contribution in [2.45, 2.75) is 52.5 Å². The van der Waals surface area contributed by atoms with Gasteiger partial charge in [-0.05, 0) is 26.3 Å². The Balaban J connectivity index is 2.46. The van der Waals surface area contributed by atoms with E-state index in [-0.39, 0.29) is 0 Å². The third-order valence-corrected chi connectivity index (χ3v) is 4.36. The van der Waals surface area contributed by atoms with E-state index in [1.165, 1.54) is 30.6 Å². The lowest BCUT2D eigenvalue weighted by Gasteiger charge is -2.15. The zero-order valence-corrected chi connectivity index (χ0v) is 13.0. The molecular weight excluding hydrogens is 242 g/mol. The summed E-state index contributed by atoms with van der Waals surface area (Å²) in [6.45, 7) is 8.82. The van der Waals surface area contributed by atoms with E-state index >= 15 is 0 Å². The maximum absolute atomic E-state index is 4.53. The molecule has 0 aliphatic carbocycles. The Kier molecular flexibility index (Phi) is 7.28.